The molecule has 0 fully saturated rings. The lowest BCUT2D eigenvalue weighted by molar-refractivity contribution is 0.810. The quantitative estimate of drug-likeness (QED) is 0.621. The zero-order valence-electron chi connectivity index (χ0n) is 7.39. The first-order chi connectivity index (χ1) is 4.42. The lowest BCUT2D eigenvalue weighted by atomic mass is 10.3. The van der Waals surface area contributed by atoms with Gasteiger partial charge in [0.05, 0.1) is 0 Å². The first-order valence-electron chi connectivity index (χ1n) is 3.50. The van der Waals surface area contributed by atoms with Gasteiger partial charge in [0.15, 0.2) is 0 Å². The van der Waals surface area contributed by atoms with Gasteiger partial charge in [-0.3, -0.25) is 0 Å². The summed E-state index contributed by atoms with van der Waals surface area (Å²) in [5.41, 5.74) is 0. The van der Waals surface area contributed by atoms with E-state index in [9.17, 15) is 0 Å². The van der Waals surface area contributed by atoms with Crippen molar-refractivity contribution in [1.29, 1.82) is 0 Å². The second-order valence-corrected chi connectivity index (χ2v) is 9.56. The van der Waals surface area contributed by atoms with Crippen molar-refractivity contribution < 1.29 is 0 Å². The molecular formula is C7H17PS2. The molecule has 0 aliphatic rings. The lowest BCUT2D eigenvalue weighted by Gasteiger charge is -2.17. The third-order valence-electron chi connectivity index (χ3n) is 0.632. The summed E-state index contributed by atoms with van der Waals surface area (Å²) in [6, 6.07) is 0. The van der Waals surface area contributed by atoms with Gasteiger partial charge in [0.2, 0.25) is 0 Å². The Morgan fingerprint density at radius 3 is 2.00 bits per heavy atom. The van der Waals surface area contributed by atoms with E-state index in [-0.39, 0.29) is 0 Å². The zero-order chi connectivity index (χ0) is 8.20. The Kier molecular flexibility index (Phi) is 5.45. The van der Waals surface area contributed by atoms with Crippen LogP contribution in [0.2, 0.25) is 0 Å². The molecule has 1 atom stereocenters. The van der Waals surface area contributed by atoms with Crippen LogP contribution >= 0.6 is 29.7 Å². The molecule has 0 heterocycles. The van der Waals surface area contributed by atoms with E-state index in [4.69, 9.17) is 0 Å². The minimum atomic E-state index is 0.445. The van der Waals surface area contributed by atoms with E-state index < -0.39 is 0 Å². The maximum atomic E-state index is 2.27. The summed E-state index contributed by atoms with van der Waals surface area (Å²) in [7, 11) is 0. The molecule has 0 saturated carbocycles. The Balaban J connectivity index is 3.21. The van der Waals surface area contributed by atoms with E-state index in [1.807, 2.05) is 11.4 Å². The van der Waals surface area contributed by atoms with Crippen LogP contribution in [0.1, 0.15) is 34.6 Å². The summed E-state index contributed by atoms with van der Waals surface area (Å²) < 4.78 is 0.445. The Morgan fingerprint density at radius 2 is 1.70 bits per heavy atom. The molecule has 0 aliphatic heterocycles. The van der Waals surface area contributed by atoms with Crippen LogP contribution in [0.4, 0.5) is 0 Å². The first-order valence-corrected chi connectivity index (χ1v) is 7.65. The van der Waals surface area contributed by atoms with Crippen molar-refractivity contribution >= 4 is 29.7 Å². The van der Waals surface area contributed by atoms with E-state index in [0.29, 0.717) is 4.75 Å². The average molecular weight is 196 g/mol. The van der Waals surface area contributed by atoms with Gasteiger partial charge in [0, 0.05) is 10.00 Å². The van der Waals surface area contributed by atoms with Gasteiger partial charge in [-0.1, -0.05) is 34.6 Å². The van der Waals surface area contributed by atoms with Crippen molar-refractivity contribution in [1.82, 2.24) is 0 Å². The minimum absolute atomic E-state index is 0.445. The first kappa shape index (κ1) is 11.1. The largest absolute Gasteiger partial charge is 0.123 e. The molecular weight excluding hydrogens is 179 g/mol. The highest BCUT2D eigenvalue weighted by Crippen LogP contribution is 2.50. The van der Waals surface area contributed by atoms with Crippen LogP contribution in [0.5, 0.6) is 0 Å². The lowest BCUT2D eigenvalue weighted by Crippen LogP contribution is -2.03. The van der Waals surface area contributed by atoms with E-state index in [0.717, 1.165) is 12.2 Å². The SMILES string of the molecule is CC(C)SPSC(C)(C)C. The molecule has 0 aromatic carbocycles. The summed E-state index contributed by atoms with van der Waals surface area (Å²) in [6.45, 7) is 12.3. The van der Waals surface area contributed by atoms with Crippen LogP contribution in [0, 0.1) is 0 Å². The predicted molar refractivity (Wildman–Crippen MR) is 58.4 cm³/mol. The van der Waals surface area contributed by atoms with Crippen molar-refractivity contribution in [2.24, 2.45) is 0 Å². The maximum absolute atomic E-state index is 2.27. The van der Waals surface area contributed by atoms with Crippen LogP contribution in [-0.4, -0.2) is 10.00 Å². The summed E-state index contributed by atoms with van der Waals surface area (Å²) in [5.74, 6) is 0. The van der Waals surface area contributed by atoms with Crippen molar-refractivity contribution in [3.05, 3.63) is 0 Å². The van der Waals surface area contributed by atoms with Crippen LogP contribution < -0.4 is 0 Å². The van der Waals surface area contributed by atoms with Crippen LogP contribution in [0.25, 0.3) is 0 Å². The Labute approximate surface area is 74.6 Å². The summed E-state index contributed by atoms with van der Waals surface area (Å²) in [6.07, 6.45) is 0. The second kappa shape index (κ2) is 4.90. The van der Waals surface area contributed by atoms with Gasteiger partial charge in [0.25, 0.3) is 0 Å². The maximum Gasteiger partial charge on any atom is 0.0122 e. The fourth-order valence-electron chi connectivity index (χ4n) is 0.245. The van der Waals surface area contributed by atoms with Gasteiger partial charge >= 0.3 is 0 Å². The molecule has 0 saturated heterocycles. The van der Waals surface area contributed by atoms with Crippen LogP contribution in [0.3, 0.4) is 0 Å². The minimum Gasteiger partial charge on any atom is -0.123 e. The highest BCUT2D eigenvalue weighted by molar-refractivity contribution is 8.82. The molecule has 0 N–H and O–H groups in total. The van der Waals surface area contributed by atoms with Crippen molar-refractivity contribution in [3.8, 4) is 0 Å². The van der Waals surface area contributed by atoms with Gasteiger partial charge in [-0.05, 0) is 6.98 Å². The molecule has 0 radical (unpaired) electrons. The molecule has 3 heteroatoms. The van der Waals surface area contributed by atoms with Crippen LogP contribution in [-0.2, 0) is 0 Å². The average Bonchev–Trinajstić information content (AvgIpc) is 1.59. The number of hydrogen-bond donors (Lipinski definition) is 0. The Morgan fingerprint density at radius 1 is 1.20 bits per heavy atom. The van der Waals surface area contributed by atoms with Gasteiger partial charge in [0.1, 0.15) is 0 Å². The fraction of sp³-hybridized carbons (Fsp3) is 1.00. The monoisotopic (exact) mass is 196 g/mol. The molecule has 62 valence electrons. The molecule has 1 unspecified atom stereocenters. The number of rotatable bonds is 3. The highest BCUT2D eigenvalue weighted by Gasteiger charge is 2.10. The topological polar surface area (TPSA) is 0 Å². The van der Waals surface area contributed by atoms with Crippen LogP contribution in [0.15, 0.2) is 0 Å². The van der Waals surface area contributed by atoms with Gasteiger partial charge in [-0.25, -0.2) is 0 Å². The van der Waals surface area contributed by atoms with E-state index in [2.05, 4.69) is 46.0 Å². The molecule has 0 spiro atoms. The molecule has 0 aliphatic carbocycles. The molecule has 10 heavy (non-hydrogen) atoms. The molecule has 0 nitrogen and oxygen atoms in total. The molecule has 0 aromatic heterocycles. The second-order valence-electron chi connectivity index (χ2n) is 3.46. The van der Waals surface area contributed by atoms with Gasteiger partial charge in [-0.15, -0.1) is 22.8 Å². The van der Waals surface area contributed by atoms with E-state index in [1.165, 1.54) is 0 Å². The summed E-state index contributed by atoms with van der Waals surface area (Å²) in [5, 5.41) is 0.785. The number of hydrogen-bond acceptors (Lipinski definition) is 2. The molecule has 0 aromatic rings. The predicted octanol–water partition coefficient (Wildman–Crippen LogP) is 4.17. The summed E-state index contributed by atoms with van der Waals surface area (Å²) >= 11 is 4.10. The van der Waals surface area contributed by atoms with Crippen molar-refractivity contribution in [2.75, 3.05) is 0 Å². The molecule has 0 amide bonds. The smallest absolute Gasteiger partial charge is 0.0122 e. The molecule has 0 rings (SSSR count). The van der Waals surface area contributed by atoms with E-state index in [1.54, 1.807) is 0 Å². The standard InChI is InChI=1S/C7H17PS2/c1-6(2)9-8-10-7(3,4)5/h6,8H,1-5H3. The van der Waals surface area contributed by atoms with Crippen molar-refractivity contribution in [3.63, 3.8) is 0 Å². The third kappa shape index (κ3) is 9.13. The third-order valence-corrected chi connectivity index (χ3v) is 7.30. The Hall–Kier alpha value is 1.13. The normalized spacial score (nSPS) is 13.8. The molecule has 0 bridgehead atoms. The highest BCUT2D eigenvalue weighted by atomic mass is 33.1. The Bertz CT molecular complexity index is 86.1. The van der Waals surface area contributed by atoms with Crippen molar-refractivity contribution in [2.45, 2.75) is 44.6 Å². The van der Waals surface area contributed by atoms with E-state index >= 15 is 0 Å². The van der Waals surface area contributed by atoms with Gasteiger partial charge in [-0.2, -0.15) is 0 Å². The fourth-order valence-corrected chi connectivity index (χ4v) is 6.62. The van der Waals surface area contributed by atoms with Gasteiger partial charge < -0.3 is 0 Å². The zero-order valence-corrected chi connectivity index (χ0v) is 10.0. The summed E-state index contributed by atoms with van der Waals surface area (Å²) in [4.78, 5) is 0.